The molecule has 1 aromatic rings. The summed E-state index contributed by atoms with van der Waals surface area (Å²) >= 11 is 0. The van der Waals surface area contributed by atoms with Crippen LogP contribution in [0.25, 0.3) is 5.57 Å². The van der Waals surface area contributed by atoms with Gasteiger partial charge in [0.15, 0.2) is 0 Å². The zero-order chi connectivity index (χ0) is 23.0. The van der Waals surface area contributed by atoms with Crippen molar-refractivity contribution in [2.75, 3.05) is 0 Å². The van der Waals surface area contributed by atoms with Crippen molar-refractivity contribution < 1.29 is 59.4 Å². The van der Waals surface area contributed by atoms with E-state index in [-0.39, 0.29) is 0 Å². The molecule has 1 aromatic carbocycles. The first-order valence-corrected chi connectivity index (χ1v) is 7.83. The first-order chi connectivity index (χ1) is 13.8. The maximum absolute atomic E-state index is 12.1. The summed E-state index contributed by atoms with van der Waals surface area (Å²) in [5.74, 6) is -13.9. The van der Waals surface area contributed by atoms with Gasteiger partial charge >= 0.3 is 35.8 Å². The lowest BCUT2D eigenvalue weighted by Crippen LogP contribution is -2.50. The molecule has 0 saturated heterocycles. The molecule has 6 N–H and O–H groups in total. The molecule has 0 aromatic heterocycles. The van der Waals surface area contributed by atoms with E-state index >= 15 is 0 Å². The van der Waals surface area contributed by atoms with Gasteiger partial charge in [-0.2, -0.15) is 0 Å². The second kappa shape index (κ2) is 7.50. The Morgan fingerprint density at radius 1 is 0.767 bits per heavy atom. The third-order valence-corrected chi connectivity index (χ3v) is 4.51. The predicted octanol–water partition coefficient (Wildman–Crippen LogP) is 0.347. The van der Waals surface area contributed by atoms with E-state index in [0.717, 1.165) is 12.1 Å². The first kappa shape index (κ1) is 21.8. The lowest BCUT2D eigenvalue weighted by atomic mass is 9.63. The molecule has 0 amide bonds. The highest BCUT2D eigenvalue weighted by molar-refractivity contribution is 6.18. The molecule has 1 aliphatic carbocycles. The molecule has 0 radical (unpaired) electrons. The second-order valence-corrected chi connectivity index (χ2v) is 6.09. The van der Waals surface area contributed by atoms with Gasteiger partial charge in [-0.05, 0) is 35.4 Å². The first-order valence-electron chi connectivity index (χ1n) is 7.83. The third-order valence-electron chi connectivity index (χ3n) is 4.51. The van der Waals surface area contributed by atoms with Crippen LogP contribution in [0.2, 0.25) is 0 Å². The zero-order valence-electron chi connectivity index (χ0n) is 14.6. The Morgan fingerprint density at radius 3 is 1.73 bits per heavy atom. The van der Waals surface area contributed by atoms with Crippen LogP contribution in [0.15, 0.2) is 35.9 Å². The summed E-state index contributed by atoms with van der Waals surface area (Å²) in [7, 11) is 0. The summed E-state index contributed by atoms with van der Waals surface area (Å²) in [5, 5.41) is 56.7. The molecule has 30 heavy (non-hydrogen) atoms. The Morgan fingerprint density at radius 2 is 1.33 bits per heavy atom. The van der Waals surface area contributed by atoms with Crippen LogP contribution < -0.4 is 0 Å². The monoisotopic (exact) mass is 420 g/mol. The van der Waals surface area contributed by atoms with Crippen LogP contribution in [0.4, 0.5) is 0 Å². The van der Waals surface area contributed by atoms with E-state index < -0.39 is 75.0 Å². The minimum absolute atomic E-state index is 0.415. The minimum atomic E-state index is -3.34. The van der Waals surface area contributed by atoms with Crippen LogP contribution in [0.3, 0.4) is 0 Å². The highest BCUT2D eigenvalue weighted by Crippen LogP contribution is 2.48. The van der Waals surface area contributed by atoms with E-state index in [1.165, 1.54) is 0 Å². The van der Waals surface area contributed by atoms with Gasteiger partial charge in [-0.1, -0.05) is 6.08 Å². The summed E-state index contributed by atoms with van der Waals surface area (Å²) in [4.78, 5) is 70.2. The van der Waals surface area contributed by atoms with Crippen molar-refractivity contribution >= 4 is 41.4 Å². The topological polar surface area (TPSA) is 224 Å². The Kier molecular flexibility index (Phi) is 5.46. The highest BCUT2D eigenvalue weighted by Gasteiger charge is 2.60. The molecule has 12 nitrogen and oxygen atoms in total. The van der Waals surface area contributed by atoms with Gasteiger partial charge in [-0.3, -0.25) is 14.4 Å². The molecule has 0 spiro atoms. The van der Waals surface area contributed by atoms with Crippen molar-refractivity contribution in [2.45, 2.75) is 0 Å². The number of carbonyl (C=O) groups is 6. The number of carboxylic acid groups (broad SMARTS) is 6. The molecule has 12 heteroatoms. The van der Waals surface area contributed by atoms with Gasteiger partial charge in [0.1, 0.15) is 5.92 Å². The number of carboxylic acids is 6. The van der Waals surface area contributed by atoms with Crippen molar-refractivity contribution in [2.24, 2.45) is 11.3 Å². The van der Waals surface area contributed by atoms with Crippen molar-refractivity contribution in [1.29, 1.82) is 0 Å². The SMILES string of the molecule is O=C(O)C1=CC(C(=O)O)C(C(=O)O)(C(=O)O)C(c2cc(C(=O)O)ccc2C(=O)O)=C1. The fourth-order valence-corrected chi connectivity index (χ4v) is 3.14. The molecule has 0 bridgehead atoms. The van der Waals surface area contributed by atoms with Crippen molar-refractivity contribution in [3.8, 4) is 0 Å². The number of benzene rings is 1. The lowest BCUT2D eigenvalue weighted by Gasteiger charge is -2.35. The van der Waals surface area contributed by atoms with Crippen LogP contribution in [0.1, 0.15) is 26.3 Å². The van der Waals surface area contributed by atoms with Crippen LogP contribution in [-0.2, 0) is 19.2 Å². The average Bonchev–Trinajstić information content (AvgIpc) is 2.65. The smallest absolute Gasteiger partial charge is 0.336 e. The molecule has 0 aliphatic heterocycles. The molecular formula is C18H12O12. The number of hydrogen-bond donors (Lipinski definition) is 6. The molecule has 156 valence electrons. The van der Waals surface area contributed by atoms with Crippen LogP contribution in [0, 0.1) is 11.3 Å². The third kappa shape index (κ3) is 3.26. The molecule has 0 fully saturated rings. The molecular weight excluding hydrogens is 408 g/mol. The quantitative estimate of drug-likeness (QED) is 0.329. The Bertz CT molecular complexity index is 1060. The van der Waals surface area contributed by atoms with Gasteiger partial charge in [0, 0.05) is 0 Å². The van der Waals surface area contributed by atoms with E-state index in [0.29, 0.717) is 18.2 Å². The molecule has 1 unspecified atom stereocenters. The van der Waals surface area contributed by atoms with Gasteiger partial charge in [0.2, 0.25) is 5.41 Å². The van der Waals surface area contributed by atoms with E-state index in [4.69, 9.17) is 5.11 Å². The molecule has 1 atom stereocenters. The fourth-order valence-electron chi connectivity index (χ4n) is 3.14. The predicted molar refractivity (Wildman–Crippen MR) is 92.9 cm³/mol. The van der Waals surface area contributed by atoms with E-state index in [1.54, 1.807) is 0 Å². The molecule has 2 rings (SSSR count). The molecule has 0 heterocycles. The Labute approximate surface area is 165 Å². The van der Waals surface area contributed by atoms with E-state index in [9.17, 15) is 54.3 Å². The summed E-state index contributed by atoms with van der Waals surface area (Å²) < 4.78 is 0. The van der Waals surface area contributed by atoms with Crippen molar-refractivity contribution in [1.82, 2.24) is 0 Å². The number of aromatic carboxylic acids is 2. The summed E-state index contributed by atoms with van der Waals surface area (Å²) in [5.41, 5.74) is -7.24. The Balaban J connectivity index is 3.08. The van der Waals surface area contributed by atoms with Gasteiger partial charge < -0.3 is 30.6 Å². The lowest BCUT2D eigenvalue weighted by molar-refractivity contribution is -0.168. The van der Waals surface area contributed by atoms with Crippen LogP contribution >= 0.6 is 0 Å². The van der Waals surface area contributed by atoms with Gasteiger partial charge in [-0.15, -0.1) is 0 Å². The number of aliphatic carboxylic acids is 4. The van der Waals surface area contributed by atoms with Crippen molar-refractivity contribution in [3.05, 3.63) is 52.6 Å². The summed E-state index contributed by atoms with van der Waals surface area (Å²) in [6.45, 7) is 0. The largest absolute Gasteiger partial charge is 0.481 e. The fraction of sp³-hybridized carbons (Fsp3) is 0.111. The molecule has 1 aliphatic rings. The molecule has 0 saturated carbocycles. The van der Waals surface area contributed by atoms with Crippen LogP contribution in [0.5, 0.6) is 0 Å². The van der Waals surface area contributed by atoms with E-state index in [1.807, 2.05) is 0 Å². The van der Waals surface area contributed by atoms with Crippen LogP contribution in [-0.4, -0.2) is 66.5 Å². The minimum Gasteiger partial charge on any atom is -0.481 e. The normalized spacial score (nSPS) is 17.3. The highest BCUT2D eigenvalue weighted by atomic mass is 16.4. The average molecular weight is 420 g/mol. The standard InChI is InChI=1S/C18H12O12/c19-12(20)6-1-2-8(14(23)24)9(3-6)10-4-7(13(21)22)5-11(15(25)26)18(10,16(27)28)17(29)30/h1-5,11H,(H,19,20)(H,21,22)(H,23,24)(H,25,26)(H,27,28)(H,29,30). The van der Waals surface area contributed by atoms with Gasteiger partial charge in [-0.25, -0.2) is 14.4 Å². The van der Waals surface area contributed by atoms with Crippen molar-refractivity contribution in [3.63, 3.8) is 0 Å². The Hall–Kier alpha value is -4.48. The number of rotatable bonds is 7. The van der Waals surface area contributed by atoms with Gasteiger partial charge in [0.05, 0.1) is 16.7 Å². The summed E-state index contributed by atoms with van der Waals surface area (Å²) in [6, 6.07) is 2.25. The zero-order valence-corrected chi connectivity index (χ0v) is 14.6. The van der Waals surface area contributed by atoms with Gasteiger partial charge in [0.25, 0.3) is 0 Å². The van der Waals surface area contributed by atoms with E-state index in [2.05, 4.69) is 0 Å². The maximum atomic E-state index is 12.1. The second-order valence-electron chi connectivity index (χ2n) is 6.09. The number of hydrogen-bond acceptors (Lipinski definition) is 6. The maximum Gasteiger partial charge on any atom is 0.336 e. The summed E-state index contributed by atoms with van der Waals surface area (Å²) in [6.07, 6.45) is 0.926.